The molecule has 0 bridgehead atoms. The molecule has 2 aromatic rings. The number of carbonyl (C=O) groups excluding carboxylic acids is 1. The first-order valence-corrected chi connectivity index (χ1v) is 9.16. The van der Waals surface area contributed by atoms with Gasteiger partial charge in [-0.25, -0.2) is 4.39 Å². The van der Waals surface area contributed by atoms with Crippen molar-refractivity contribution in [3.05, 3.63) is 58.9 Å². The minimum absolute atomic E-state index is 0.194. The summed E-state index contributed by atoms with van der Waals surface area (Å²) in [4.78, 5) is 12.3. The Bertz CT molecular complexity index is 882. The number of nitrogens with one attached hydrogen (secondary N) is 1. The lowest BCUT2D eigenvalue weighted by molar-refractivity contribution is -0.110. The number of anilines is 1. The molecule has 1 heterocycles. The molecule has 0 unspecified atom stereocenters. The SMILES string of the molecule is COc1ccc(/C=C2/C(=O)Nc3ccc(F)cc32)cc1C1CCCCC1. The van der Waals surface area contributed by atoms with Crippen LogP contribution in [0.4, 0.5) is 10.1 Å². The van der Waals surface area contributed by atoms with E-state index in [1.807, 2.05) is 18.2 Å². The maximum atomic E-state index is 13.6. The van der Waals surface area contributed by atoms with Crippen LogP contribution in [0, 0.1) is 5.82 Å². The molecular weight excluding hydrogens is 329 g/mol. The number of rotatable bonds is 3. The van der Waals surface area contributed by atoms with Crippen molar-refractivity contribution >= 4 is 23.2 Å². The lowest BCUT2D eigenvalue weighted by atomic mass is 9.83. The van der Waals surface area contributed by atoms with Crippen molar-refractivity contribution < 1.29 is 13.9 Å². The largest absolute Gasteiger partial charge is 0.496 e. The second kappa shape index (κ2) is 6.94. The molecule has 1 aliphatic heterocycles. The molecule has 4 heteroatoms. The van der Waals surface area contributed by atoms with Crippen molar-refractivity contribution in [3.8, 4) is 5.75 Å². The molecule has 0 spiro atoms. The zero-order valence-electron chi connectivity index (χ0n) is 14.8. The van der Waals surface area contributed by atoms with Gasteiger partial charge >= 0.3 is 0 Å². The minimum Gasteiger partial charge on any atom is -0.496 e. The summed E-state index contributed by atoms with van der Waals surface area (Å²) >= 11 is 0. The number of hydrogen-bond acceptors (Lipinski definition) is 2. The van der Waals surface area contributed by atoms with E-state index in [-0.39, 0.29) is 11.7 Å². The van der Waals surface area contributed by atoms with E-state index >= 15 is 0 Å². The predicted molar refractivity (Wildman–Crippen MR) is 102 cm³/mol. The molecule has 0 atom stereocenters. The van der Waals surface area contributed by atoms with E-state index in [0.717, 1.165) is 11.3 Å². The molecule has 0 saturated heterocycles. The monoisotopic (exact) mass is 351 g/mol. The summed E-state index contributed by atoms with van der Waals surface area (Å²) in [6, 6.07) is 10.4. The van der Waals surface area contributed by atoms with Crippen LogP contribution in [0.15, 0.2) is 36.4 Å². The molecular formula is C22H22FNO2. The van der Waals surface area contributed by atoms with Crippen LogP contribution in [0.2, 0.25) is 0 Å². The summed E-state index contributed by atoms with van der Waals surface area (Å²) in [5.41, 5.74) is 3.92. The second-order valence-corrected chi connectivity index (χ2v) is 7.04. The molecule has 0 aromatic heterocycles. The summed E-state index contributed by atoms with van der Waals surface area (Å²) in [5.74, 6) is 0.866. The molecule has 2 aliphatic rings. The first-order chi connectivity index (χ1) is 12.7. The number of halogens is 1. The fourth-order valence-corrected chi connectivity index (χ4v) is 4.05. The Morgan fingerprint density at radius 3 is 2.69 bits per heavy atom. The van der Waals surface area contributed by atoms with Gasteiger partial charge in [-0.2, -0.15) is 0 Å². The average molecular weight is 351 g/mol. The van der Waals surface area contributed by atoms with E-state index in [9.17, 15) is 9.18 Å². The third-order valence-corrected chi connectivity index (χ3v) is 5.37. The summed E-state index contributed by atoms with van der Waals surface area (Å²) in [7, 11) is 1.70. The molecule has 2 aromatic carbocycles. The number of fused-ring (bicyclic) bond motifs is 1. The number of amides is 1. The van der Waals surface area contributed by atoms with Gasteiger partial charge in [-0.1, -0.05) is 25.3 Å². The van der Waals surface area contributed by atoms with Gasteiger partial charge in [-0.05, 0) is 66.3 Å². The molecule has 1 fully saturated rings. The van der Waals surface area contributed by atoms with E-state index < -0.39 is 0 Å². The first-order valence-electron chi connectivity index (χ1n) is 9.16. The Morgan fingerprint density at radius 1 is 1.12 bits per heavy atom. The Hall–Kier alpha value is -2.62. The van der Waals surface area contributed by atoms with Crippen LogP contribution < -0.4 is 10.1 Å². The Balaban J connectivity index is 1.74. The van der Waals surface area contributed by atoms with Gasteiger partial charge in [0.05, 0.1) is 7.11 Å². The molecule has 1 amide bonds. The second-order valence-electron chi connectivity index (χ2n) is 7.04. The highest BCUT2D eigenvalue weighted by molar-refractivity contribution is 6.34. The zero-order valence-corrected chi connectivity index (χ0v) is 14.8. The smallest absolute Gasteiger partial charge is 0.256 e. The van der Waals surface area contributed by atoms with Gasteiger partial charge in [0.2, 0.25) is 0 Å². The predicted octanol–water partition coefficient (Wildman–Crippen LogP) is 5.37. The standard InChI is InChI=1S/C22H22FNO2/c1-26-21-10-7-14(11-17(21)15-5-3-2-4-6-15)12-19-18-13-16(23)8-9-20(18)24-22(19)25/h7-13,15H,2-6H2,1H3,(H,24,25)/b19-12+. The molecule has 3 nitrogen and oxygen atoms in total. The van der Waals surface area contributed by atoms with Crippen LogP contribution in [0.25, 0.3) is 11.6 Å². The number of methoxy groups -OCH3 is 1. The number of ether oxygens (including phenoxy) is 1. The maximum Gasteiger partial charge on any atom is 0.256 e. The normalized spacial score (nSPS) is 18.7. The molecule has 26 heavy (non-hydrogen) atoms. The first kappa shape index (κ1) is 16.8. The van der Waals surface area contributed by atoms with Crippen molar-refractivity contribution in [1.29, 1.82) is 0 Å². The fourth-order valence-electron chi connectivity index (χ4n) is 4.05. The molecule has 1 saturated carbocycles. The van der Waals surface area contributed by atoms with Gasteiger partial charge in [0.25, 0.3) is 5.91 Å². The van der Waals surface area contributed by atoms with Gasteiger partial charge in [0, 0.05) is 16.8 Å². The number of carbonyl (C=O) groups is 1. The highest BCUT2D eigenvalue weighted by Gasteiger charge is 2.25. The lowest BCUT2D eigenvalue weighted by Gasteiger charge is -2.24. The summed E-state index contributed by atoms with van der Waals surface area (Å²) < 4.78 is 19.2. The van der Waals surface area contributed by atoms with Crippen LogP contribution in [0.5, 0.6) is 5.75 Å². The third-order valence-electron chi connectivity index (χ3n) is 5.37. The van der Waals surface area contributed by atoms with E-state index in [4.69, 9.17) is 4.74 Å². The summed E-state index contributed by atoms with van der Waals surface area (Å²) in [6.07, 6.45) is 7.97. The third kappa shape index (κ3) is 3.12. The van der Waals surface area contributed by atoms with Gasteiger partial charge in [-0.3, -0.25) is 4.79 Å². The molecule has 4 rings (SSSR count). The Kier molecular flexibility index (Phi) is 4.49. The lowest BCUT2D eigenvalue weighted by Crippen LogP contribution is -2.07. The molecule has 1 aliphatic carbocycles. The molecule has 0 radical (unpaired) electrons. The van der Waals surface area contributed by atoms with Crippen LogP contribution in [-0.4, -0.2) is 13.0 Å². The molecule has 134 valence electrons. The highest BCUT2D eigenvalue weighted by Crippen LogP contribution is 2.39. The van der Waals surface area contributed by atoms with Crippen LogP contribution in [0.1, 0.15) is 54.7 Å². The van der Waals surface area contributed by atoms with Crippen LogP contribution >= 0.6 is 0 Å². The van der Waals surface area contributed by atoms with Crippen molar-refractivity contribution in [1.82, 2.24) is 0 Å². The number of hydrogen-bond donors (Lipinski definition) is 1. The van der Waals surface area contributed by atoms with Crippen molar-refractivity contribution in [2.75, 3.05) is 12.4 Å². The van der Waals surface area contributed by atoms with Crippen molar-refractivity contribution in [3.63, 3.8) is 0 Å². The molecule has 1 N–H and O–H groups in total. The van der Waals surface area contributed by atoms with Crippen LogP contribution in [0.3, 0.4) is 0 Å². The van der Waals surface area contributed by atoms with E-state index in [1.54, 1.807) is 13.2 Å². The quantitative estimate of drug-likeness (QED) is 0.755. The Labute approximate surface area is 152 Å². The highest BCUT2D eigenvalue weighted by atomic mass is 19.1. The summed E-state index contributed by atoms with van der Waals surface area (Å²) in [6.45, 7) is 0. The topological polar surface area (TPSA) is 38.3 Å². The zero-order chi connectivity index (χ0) is 18.1. The van der Waals surface area contributed by atoms with Crippen molar-refractivity contribution in [2.45, 2.75) is 38.0 Å². The van der Waals surface area contributed by atoms with Crippen molar-refractivity contribution in [2.24, 2.45) is 0 Å². The fraction of sp³-hybridized carbons (Fsp3) is 0.318. The van der Waals surface area contributed by atoms with Gasteiger partial charge in [0.1, 0.15) is 11.6 Å². The minimum atomic E-state index is -0.344. The van der Waals surface area contributed by atoms with E-state index in [0.29, 0.717) is 22.7 Å². The average Bonchev–Trinajstić information content (AvgIpc) is 2.97. The maximum absolute atomic E-state index is 13.6. The summed E-state index contributed by atoms with van der Waals surface area (Å²) in [5, 5.41) is 2.80. The van der Waals surface area contributed by atoms with E-state index in [1.165, 1.54) is 49.8 Å². The van der Waals surface area contributed by atoms with Gasteiger partial charge in [-0.15, -0.1) is 0 Å². The van der Waals surface area contributed by atoms with E-state index in [2.05, 4.69) is 11.4 Å². The van der Waals surface area contributed by atoms with Gasteiger partial charge in [0.15, 0.2) is 0 Å². The number of benzene rings is 2. The Morgan fingerprint density at radius 2 is 1.92 bits per heavy atom. The van der Waals surface area contributed by atoms with Gasteiger partial charge < -0.3 is 10.1 Å². The van der Waals surface area contributed by atoms with Crippen LogP contribution in [-0.2, 0) is 4.79 Å².